The Morgan fingerprint density at radius 2 is 2.13 bits per heavy atom. The number of rotatable bonds is 5. The maximum atomic E-state index is 5.45. The van der Waals surface area contributed by atoms with Gasteiger partial charge < -0.3 is 10.1 Å². The van der Waals surface area contributed by atoms with Crippen LogP contribution in [0.3, 0.4) is 0 Å². The molecule has 0 aromatic rings. The summed E-state index contributed by atoms with van der Waals surface area (Å²) in [5.74, 6) is 0.776. The summed E-state index contributed by atoms with van der Waals surface area (Å²) >= 11 is 0. The van der Waals surface area contributed by atoms with Crippen LogP contribution in [0, 0.1) is 11.3 Å². The lowest BCUT2D eigenvalue weighted by molar-refractivity contribution is 0.169. The van der Waals surface area contributed by atoms with Gasteiger partial charge in [-0.15, -0.1) is 0 Å². The van der Waals surface area contributed by atoms with E-state index in [1.165, 1.54) is 19.3 Å². The van der Waals surface area contributed by atoms with E-state index in [-0.39, 0.29) is 0 Å². The fraction of sp³-hybridized carbons (Fsp3) is 1.00. The van der Waals surface area contributed by atoms with E-state index in [2.05, 4.69) is 33.0 Å². The lowest BCUT2D eigenvalue weighted by Gasteiger charge is -2.33. The molecule has 1 heterocycles. The monoisotopic (exact) mass is 213 g/mol. The SMILES string of the molecule is CCCNC(CC1CCOC1)C(C)(C)C. The molecule has 0 aliphatic carbocycles. The zero-order valence-electron chi connectivity index (χ0n) is 10.8. The fourth-order valence-corrected chi connectivity index (χ4v) is 2.16. The van der Waals surface area contributed by atoms with Gasteiger partial charge in [0.2, 0.25) is 0 Å². The van der Waals surface area contributed by atoms with Gasteiger partial charge in [0.15, 0.2) is 0 Å². The second-order valence-electron chi connectivity index (χ2n) is 5.84. The highest BCUT2D eigenvalue weighted by atomic mass is 16.5. The Bertz CT molecular complexity index is 168. The molecule has 90 valence electrons. The molecule has 1 rings (SSSR count). The van der Waals surface area contributed by atoms with E-state index in [0.717, 1.165) is 25.7 Å². The van der Waals surface area contributed by atoms with Crippen LogP contribution < -0.4 is 5.32 Å². The minimum Gasteiger partial charge on any atom is -0.381 e. The van der Waals surface area contributed by atoms with E-state index in [1.54, 1.807) is 0 Å². The van der Waals surface area contributed by atoms with Gasteiger partial charge in [-0.1, -0.05) is 27.7 Å². The van der Waals surface area contributed by atoms with Crippen molar-refractivity contribution in [3.05, 3.63) is 0 Å². The highest BCUT2D eigenvalue weighted by Gasteiger charge is 2.28. The van der Waals surface area contributed by atoms with E-state index in [9.17, 15) is 0 Å². The van der Waals surface area contributed by atoms with Gasteiger partial charge in [0.1, 0.15) is 0 Å². The molecule has 2 atom stereocenters. The predicted octanol–water partition coefficient (Wildman–Crippen LogP) is 2.83. The predicted molar refractivity (Wildman–Crippen MR) is 65.1 cm³/mol. The van der Waals surface area contributed by atoms with E-state index in [1.807, 2.05) is 0 Å². The van der Waals surface area contributed by atoms with E-state index < -0.39 is 0 Å². The zero-order chi connectivity index (χ0) is 11.3. The van der Waals surface area contributed by atoms with Crippen LogP contribution in [0.1, 0.15) is 47.0 Å². The molecule has 2 nitrogen and oxygen atoms in total. The van der Waals surface area contributed by atoms with E-state index >= 15 is 0 Å². The quantitative estimate of drug-likeness (QED) is 0.758. The Morgan fingerprint density at radius 1 is 1.40 bits per heavy atom. The standard InChI is InChI=1S/C13H27NO/c1-5-7-14-12(13(2,3)4)9-11-6-8-15-10-11/h11-12,14H,5-10H2,1-4H3. The summed E-state index contributed by atoms with van der Waals surface area (Å²) < 4.78 is 5.45. The summed E-state index contributed by atoms with van der Waals surface area (Å²) in [7, 11) is 0. The number of hydrogen-bond donors (Lipinski definition) is 1. The highest BCUT2D eigenvalue weighted by molar-refractivity contribution is 4.83. The Labute approximate surface area is 94.8 Å². The van der Waals surface area contributed by atoms with Crippen LogP contribution in [0.25, 0.3) is 0 Å². The van der Waals surface area contributed by atoms with Crippen molar-refractivity contribution in [1.82, 2.24) is 5.32 Å². The zero-order valence-corrected chi connectivity index (χ0v) is 10.8. The van der Waals surface area contributed by atoms with Crippen LogP contribution in [-0.4, -0.2) is 25.8 Å². The second kappa shape index (κ2) is 5.86. The molecule has 2 heteroatoms. The third kappa shape index (κ3) is 4.52. The highest BCUT2D eigenvalue weighted by Crippen LogP contribution is 2.28. The number of nitrogens with one attached hydrogen (secondary N) is 1. The van der Waals surface area contributed by atoms with Crippen molar-refractivity contribution in [2.45, 2.75) is 53.0 Å². The van der Waals surface area contributed by atoms with Crippen LogP contribution in [-0.2, 0) is 4.74 Å². The molecule has 2 unspecified atom stereocenters. The maximum absolute atomic E-state index is 5.45. The maximum Gasteiger partial charge on any atom is 0.0495 e. The lowest BCUT2D eigenvalue weighted by atomic mass is 9.81. The molecule has 1 fully saturated rings. The van der Waals surface area contributed by atoms with Crippen LogP contribution in [0.2, 0.25) is 0 Å². The van der Waals surface area contributed by atoms with Gasteiger partial charge in [-0.3, -0.25) is 0 Å². The lowest BCUT2D eigenvalue weighted by Crippen LogP contribution is -2.42. The molecule has 0 amide bonds. The van der Waals surface area contributed by atoms with Crippen molar-refractivity contribution in [3.63, 3.8) is 0 Å². The topological polar surface area (TPSA) is 21.3 Å². The smallest absolute Gasteiger partial charge is 0.0495 e. The summed E-state index contributed by atoms with van der Waals surface area (Å²) in [6.45, 7) is 12.3. The van der Waals surface area contributed by atoms with Gasteiger partial charge in [-0.25, -0.2) is 0 Å². The van der Waals surface area contributed by atoms with Gasteiger partial charge in [-0.2, -0.15) is 0 Å². The van der Waals surface area contributed by atoms with Crippen molar-refractivity contribution in [2.24, 2.45) is 11.3 Å². The second-order valence-corrected chi connectivity index (χ2v) is 5.84. The normalized spacial score (nSPS) is 24.4. The summed E-state index contributed by atoms with van der Waals surface area (Å²) in [4.78, 5) is 0. The molecular weight excluding hydrogens is 186 g/mol. The van der Waals surface area contributed by atoms with Crippen LogP contribution in [0.5, 0.6) is 0 Å². The summed E-state index contributed by atoms with van der Waals surface area (Å²) in [6.07, 6.45) is 3.73. The molecule has 0 saturated carbocycles. The molecular formula is C13H27NO. The number of hydrogen-bond acceptors (Lipinski definition) is 2. The average Bonchev–Trinajstić information content (AvgIpc) is 2.62. The molecule has 1 aliphatic rings. The minimum absolute atomic E-state index is 0.359. The first-order valence-electron chi connectivity index (χ1n) is 6.35. The third-order valence-corrected chi connectivity index (χ3v) is 3.28. The van der Waals surface area contributed by atoms with Gasteiger partial charge in [-0.05, 0) is 37.1 Å². The van der Waals surface area contributed by atoms with Gasteiger partial charge in [0.25, 0.3) is 0 Å². The summed E-state index contributed by atoms with van der Waals surface area (Å²) in [5.41, 5.74) is 0.359. The van der Waals surface area contributed by atoms with Crippen molar-refractivity contribution in [1.29, 1.82) is 0 Å². The molecule has 0 aromatic heterocycles. The first-order valence-corrected chi connectivity index (χ1v) is 6.35. The largest absolute Gasteiger partial charge is 0.381 e. The van der Waals surface area contributed by atoms with Crippen molar-refractivity contribution in [3.8, 4) is 0 Å². The molecule has 1 aliphatic heterocycles. The van der Waals surface area contributed by atoms with Crippen molar-refractivity contribution >= 4 is 0 Å². The fourth-order valence-electron chi connectivity index (χ4n) is 2.16. The van der Waals surface area contributed by atoms with Gasteiger partial charge >= 0.3 is 0 Å². The van der Waals surface area contributed by atoms with E-state index in [0.29, 0.717) is 11.5 Å². The number of ether oxygens (including phenoxy) is 1. The van der Waals surface area contributed by atoms with Crippen molar-refractivity contribution < 1.29 is 4.74 Å². The molecule has 0 bridgehead atoms. The van der Waals surface area contributed by atoms with Crippen LogP contribution in [0.4, 0.5) is 0 Å². The van der Waals surface area contributed by atoms with Gasteiger partial charge in [0.05, 0.1) is 0 Å². The van der Waals surface area contributed by atoms with Crippen LogP contribution >= 0.6 is 0 Å². The molecule has 15 heavy (non-hydrogen) atoms. The molecule has 0 radical (unpaired) electrons. The van der Waals surface area contributed by atoms with Gasteiger partial charge in [0, 0.05) is 19.3 Å². The van der Waals surface area contributed by atoms with E-state index in [4.69, 9.17) is 4.74 Å². The Morgan fingerprint density at radius 3 is 2.60 bits per heavy atom. The third-order valence-electron chi connectivity index (χ3n) is 3.28. The summed E-state index contributed by atoms with van der Waals surface area (Å²) in [6, 6.07) is 0.629. The Hall–Kier alpha value is -0.0800. The summed E-state index contributed by atoms with van der Waals surface area (Å²) in [5, 5.41) is 3.68. The minimum atomic E-state index is 0.359. The van der Waals surface area contributed by atoms with Crippen LogP contribution in [0.15, 0.2) is 0 Å². The molecule has 0 spiro atoms. The average molecular weight is 213 g/mol. The molecule has 1 saturated heterocycles. The molecule has 1 N–H and O–H groups in total. The first kappa shape index (κ1) is 13.0. The molecule has 0 aromatic carbocycles. The Balaban J connectivity index is 2.40. The van der Waals surface area contributed by atoms with Crippen molar-refractivity contribution in [2.75, 3.05) is 19.8 Å². The first-order chi connectivity index (χ1) is 7.04. The Kier molecular flexibility index (Phi) is 5.07.